The van der Waals surface area contributed by atoms with E-state index in [4.69, 9.17) is 10.4 Å². The van der Waals surface area contributed by atoms with Crippen molar-refractivity contribution in [3.05, 3.63) is 35.4 Å². The highest BCUT2D eigenvalue weighted by Crippen LogP contribution is 2.23. The molecule has 78 valence electrons. The summed E-state index contributed by atoms with van der Waals surface area (Å²) in [5, 5.41) is 17.8. The molecule has 0 spiro atoms. The highest BCUT2D eigenvalue weighted by molar-refractivity contribution is 5.78. The molecule has 1 rings (SSSR count). The average Bonchev–Trinajstić information content (AvgIpc) is 2.21. The van der Waals surface area contributed by atoms with Crippen LogP contribution in [0.5, 0.6) is 0 Å². The minimum absolute atomic E-state index is 0.242. The molecule has 3 heteroatoms. The summed E-state index contributed by atoms with van der Waals surface area (Å²) in [5.41, 5.74) is 0.579. The molecule has 0 aliphatic heterocycles. The first-order chi connectivity index (χ1) is 6.99. The molecule has 0 saturated heterocycles. The van der Waals surface area contributed by atoms with Gasteiger partial charge in [-0.15, -0.1) is 0 Å². The molecule has 0 unspecified atom stereocenters. The zero-order valence-electron chi connectivity index (χ0n) is 8.82. The number of hydrogen-bond donors (Lipinski definition) is 1. The van der Waals surface area contributed by atoms with Crippen LogP contribution in [0.25, 0.3) is 0 Å². The fourth-order valence-electron chi connectivity index (χ4n) is 1.35. The first kappa shape index (κ1) is 11.3. The van der Waals surface area contributed by atoms with Crippen LogP contribution in [0, 0.1) is 23.7 Å². The first-order valence-electron chi connectivity index (χ1n) is 4.69. The zero-order valence-corrected chi connectivity index (χ0v) is 8.82. The summed E-state index contributed by atoms with van der Waals surface area (Å²) in [4.78, 5) is 10.9. The third kappa shape index (κ3) is 2.35. The van der Waals surface area contributed by atoms with Crippen LogP contribution in [0.2, 0.25) is 0 Å². The topological polar surface area (TPSA) is 61.1 Å². The van der Waals surface area contributed by atoms with Gasteiger partial charge in [0, 0.05) is 6.42 Å². The van der Waals surface area contributed by atoms with E-state index >= 15 is 0 Å². The second-order valence-corrected chi connectivity index (χ2v) is 3.85. The van der Waals surface area contributed by atoms with Crippen molar-refractivity contribution in [2.24, 2.45) is 5.41 Å². The van der Waals surface area contributed by atoms with Gasteiger partial charge in [0.1, 0.15) is 0 Å². The van der Waals surface area contributed by atoms with Gasteiger partial charge in [-0.05, 0) is 25.0 Å². The van der Waals surface area contributed by atoms with Gasteiger partial charge in [-0.2, -0.15) is 5.26 Å². The van der Waals surface area contributed by atoms with E-state index < -0.39 is 11.4 Å². The van der Waals surface area contributed by atoms with Gasteiger partial charge in [0.25, 0.3) is 0 Å². The van der Waals surface area contributed by atoms with E-state index in [-0.39, 0.29) is 6.42 Å². The third-order valence-corrected chi connectivity index (χ3v) is 2.52. The molecule has 1 N–H and O–H groups in total. The number of carboxylic acids is 1. The number of aryl methyl sites for hydroxylation is 1. The van der Waals surface area contributed by atoms with Gasteiger partial charge in [0.2, 0.25) is 0 Å². The average molecular weight is 203 g/mol. The second kappa shape index (κ2) is 4.14. The van der Waals surface area contributed by atoms with E-state index in [1.807, 2.05) is 37.3 Å². The lowest BCUT2D eigenvalue weighted by atomic mass is 9.84. The van der Waals surface area contributed by atoms with Crippen LogP contribution in [0.15, 0.2) is 24.3 Å². The molecule has 0 bridgehead atoms. The summed E-state index contributed by atoms with van der Waals surface area (Å²) >= 11 is 0. The maximum atomic E-state index is 10.9. The fourth-order valence-corrected chi connectivity index (χ4v) is 1.35. The third-order valence-electron chi connectivity index (χ3n) is 2.52. The van der Waals surface area contributed by atoms with Crippen LogP contribution in [0.3, 0.4) is 0 Å². The molecule has 0 amide bonds. The van der Waals surface area contributed by atoms with Gasteiger partial charge in [0.05, 0.1) is 6.07 Å². The van der Waals surface area contributed by atoms with Gasteiger partial charge < -0.3 is 5.11 Å². The van der Waals surface area contributed by atoms with Gasteiger partial charge in [-0.25, -0.2) is 0 Å². The lowest BCUT2D eigenvalue weighted by Crippen LogP contribution is -2.28. The molecule has 1 aromatic carbocycles. The summed E-state index contributed by atoms with van der Waals surface area (Å²) in [6, 6.07) is 9.36. The minimum Gasteiger partial charge on any atom is -0.480 e. The molecule has 0 aliphatic carbocycles. The van der Waals surface area contributed by atoms with Crippen molar-refractivity contribution in [1.29, 1.82) is 5.26 Å². The standard InChI is InChI=1S/C12H13NO2/c1-9-5-3-4-6-10(9)7-12(2,8-13)11(14)15/h3-6H,7H2,1-2H3,(H,14,15)/t12-/m0/s1. The fraction of sp³-hybridized carbons (Fsp3) is 0.333. The molecule has 0 radical (unpaired) electrons. The van der Waals surface area contributed by atoms with Crippen LogP contribution >= 0.6 is 0 Å². The Balaban J connectivity index is 3.01. The van der Waals surface area contributed by atoms with Crippen molar-refractivity contribution >= 4 is 5.97 Å². The quantitative estimate of drug-likeness (QED) is 0.818. The molecular formula is C12H13NO2. The van der Waals surface area contributed by atoms with Crippen molar-refractivity contribution in [2.75, 3.05) is 0 Å². The Morgan fingerprint density at radius 2 is 2.13 bits per heavy atom. The Morgan fingerprint density at radius 1 is 1.53 bits per heavy atom. The van der Waals surface area contributed by atoms with E-state index in [9.17, 15) is 4.79 Å². The lowest BCUT2D eigenvalue weighted by Gasteiger charge is -2.17. The summed E-state index contributed by atoms with van der Waals surface area (Å²) in [7, 11) is 0. The number of rotatable bonds is 3. The summed E-state index contributed by atoms with van der Waals surface area (Å²) in [6.45, 7) is 3.36. The monoisotopic (exact) mass is 203 g/mol. The molecule has 1 atom stereocenters. The van der Waals surface area contributed by atoms with Gasteiger partial charge in [-0.1, -0.05) is 24.3 Å². The first-order valence-corrected chi connectivity index (χ1v) is 4.69. The van der Waals surface area contributed by atoms with Gasteiger partial charge >= 0.3 is 5.97 Å². The number of nitrogens with zero attached hydrogens (tertiary/aromatic N) is 1. The molecule has 0 saturated carbocycles. The van der Waals surface area contributed by atoms with Crippen LogP contribution in [0.4, 0.5) is 0 Å². The molecule has 1 aromatic rings. The normalized spacial score (nSPS) is 13.9. The Labute approximate surface area is 89.0 Å². The molecule has 0 aliphatic rings. The van der Waals surface area contributed by atoms with Crippen LogP contribution < -0.4 is 0 Å². The Kier molecular flexibility index (Phi) is 3.11. The largest absolute Gasteiger partial charge is 0.480 e. The summed E-state index contributed by atoms with van der Waals surface area (Å²) < 4.78 is 0. The molecule has 3 nitrogen and oxygen atoms in total. The maximum Gasteiger partial charge on any atom is 0.324 e. The molecular weight excluding hydrogens is 190 g/mol. The van der Waals surface area contributed by atoms with Crippen molar-refractivity contribution < 1.29 is 9.90 Å². The van der Waals surface area contributed by atoms with Crippen LogP contribution in [-0.4, -0.2) is 11.1 Å². The van der Waals surface area contributed by atoms with Crippen LogP contribution in [0.1, 0.15) is 18.1 Å². The Morgan fingerprint density at radius 3 is 2.60 bits per heavy atom. The van der Waals surface area contributed by atoms with Crippen molar-refractivity contribution in [1.82, 2.24) is 0 Å². The van der Waals surface area contributed by atoms with Crippen molar-refractivity contribution in [3.8, 4) is 6.07 Å². The number of carbonyl (C=O) groups is 1. The van der Waals surface area contributed by atoms with E-state index in [1.54, 1.807) is 0 Å². The molecule has 0 aromatic heterocycles. The van der Waals surface area contributed by atoms with Crippen molar-refractivity contribution in [3.63, 3.8) is 0 Å². The van der Waals surface area contributed by atoms with E-state index in [2.05, 4.69) is 0 Å². The number of carboxylic acid groups (broad SMARTS) is 1. The van der Waals surface area contributed by atoms with E-state index in [0.717, 1.165) is 11.1 Å². The Bertz CT molecular complexity index is 420. The summed E-state index contributed by atoms with van der Waals surface area (Å²) in [5.74, 6) is -1.08. The zero-order chi connectivity index (χ0) is 11.5. The lowest BCUT2D eigenvalue weighted by molar-refractivity contribution is -0.144. The Hall–Kier alpha value is -1.82. The number of aliphatic carboxylic acids is 1. The molecule has 15 heavy (non-hydrogen) atoms. The molecule has 0 fully saturated rings. The number of benzene rings is 1. The van der Waals surface area contributed by atoms with E-state index in [1.165, 1.54) is 6.92 Å². The smallest absolute Gasteiger partial charge is 0.324 e. The van der Waals surface area contributed by atoms with Crippen molar-refractivity contribution in [2.45, 2.75) is 20.3 Å². The minimum atomic E-state index is -1.34. The maximum absolute atomic E-state index is 10.9. The summed E-state index contributed by atoms with van der Waals surface area (Å²) in [6.07, 6.45) is 0.242. The number of nitriles is 1. The SMILES string of the molecule is Cc1ccccc1C[C@@](C)(C#N)C(=O)O. The van der Waals surface area contributed by atoms with Gasteiger partial charge in [-0.3, -0.25) is 4.79 Å². The predicted molar refractivity (Wildman–Crippen MR) is 56.2 cm³/mol. The number of hydrogen-bond acceptors (Lipinski definition) is 2. The predicted octanol–water partition coefficient (Wildman–Crippen LogP) is 2.15. The second-order valence-electron chi connectivity index (χ2n) is 3.85. The van der Waals surface area contributed by atoms with Gasteiger partial charge in [0.15, 0.2) is 5.41 Å². The molecule has 0 heterocycles. The van der Waals surface area contributed by atoms with E-state index in [0.29, 0.717) is 0 Å². The highest BCUT2D eigenvalue weighted by Gasteiger charge is 2.33. The van der Waals surface area contributed by atoms with Crippen LogP contribution in [-0.2, 0) is 11.2 Å². The highest BCUT2D eigenvalue weighted by atomic mass is 16.4.